The monoisotopic (exact) mass is 259 g/mol. The van der Waals surface area contributed by atoms with Gasteiger partial charge >= 0.3 is 5.97 Å². The summed E-state index contributed by atoms with van der Waals surface area (Å²) < 4.78 is 0. The molecule has 1 aliphatic rings. The Morgan fingerprint density at radius 1 is 1.42 bits per heavy atom. The fraction of sp³-hybridized carbons (Fsp3) is 0.438. The third-order valence-electron chi connectivity index (χ3n) is 3.89. The van der Waals surface area contributed by atoms with Crippen molar-refractivity contribution in [1.82, 2.24) is 4.90 Å². The predicted molar refractivity (Wildman–Crippen MR) is 76.8 cm³/mol. The molecule has 0 saturated carbocycles. The van der Waals surface area contributed by atoms with Crippen molar-refractivity contribution in [3.05, 3.63) is 41.5 Å². The van der Waals surface area contributed by atoms with Gasteiger partial charge in [0.15, 0.2) is 0 Å². The van der Waals surface area contributed by atoms with E-state index in [1.165, 1.54) is 24.5 Å². The Balaban J connectivity index is 2.18. The summed E-state index contributed by atoms with van der Waals surface area (Å²) in [6, 6.07) is 8.00. The highest BCUT2D eigenvalue weighted by Crippen LogP contribution is 2.30. The Labute approximate surface area is 114 Å². The van der Waals surface area contributed by atoms with Crippen molar-refractivity contribution in [1.29, 1.82) is 0 Å². The number of benzene rings is 1. The van der Waals surface area contributed by atoms with Crippen LogP contribution in [0.1, 0.15) is 37.8 Å². The molecule has 102 valence electrons. The van der Waals surface area contributed by atoms with Crippen molar-refractivity contribution >= 4 is 12.0 Å². The minimum atomic E-state index is -0.906. The molecular formula is C16H21NO2. The average Bonchev–Trinajstić information content (AvgIpc) is 2.68. The first-order valence-electron chi connectivity index (χ1n) is 6.73. The van der Waals surface area contributed by atoms with E-state index < -0.39 is 5.97 Å². The molecule has 0 aromatic heterocycles. The molecule has 0 spiro atoms. The van der Waals surface area contributed by atoms with Crippen molar-refractivity contribution in [2.24, 2.45) is 0 Å². The molecule has 0 radical (unpaired) electrons. The first-order chi connectivity index (χ1) is 8.99. The van der Waals surface area contributed by atoms with E-state index in [-0.39, 0.29) is 5.54 Å². The van der Waals surface area contributed by atoms with E-state index in [1.54, 1.807) is 6.08 Å². The Morgan fingerprint density at radius 2 is 2.16 bits per heavy atom. The predicted octanol–water partition coefficient (Wildman–Crippen LogP) is 3.16. The molecule has 1 heterocycles. The number of hydrogen-bond donors (Lipinski definition) is 1. The molecule has 0 aliphatic carbocycles. The highest BCUT2D eigenvalue weighted by Gasteiger charge is 2.31. The maximum Gasteiger partial charge on any atom is 0.328 e. The lowest BCUT2D eigenvalue weighted by molar-refractivity contribution is -0.131. The van der Waals surface area contributed by atoms with Gasteiger partial charge in [-0.15, -0.1) is 0 Å². The van der Waals surface area contributed by atoms with Crippen LogP contribution in [0.4, 0.5) is 0 Å². The number of carboxylic acids is 1. The standard InChI is InChI=1S/C16H21NO2/c1-16(2)10-5-11-17(16)12-14-7-4-3-6-13(14)8-9-15(18)19/h3-4,6-9H,5,10-12H2,1-2H3,(H,18,19). The van der Waals surface area contributed by atoms with E-state index in [1.807, 2.05) is 18.2 Å². The van der Waals surface area contributed by atoms with Crippen LogP contribution in [0.25, 0.3) is 6.08 Å². The lowest BCUT2D eigenvalue weighted by Gasteiger charge is -2.32. The molecule has 1 aliphatic heterocycles. The van der Waals surface area contributed by atoms with Crippen LogP contribution < -0.4 is 0 Å². The molecule has 0 amide bonds. The smallest absolute Gasteiger partial charge is 0.328 e. The Bertz CT molecular complexity index is 491. The summed E-state index contributed by atoms with van der Waals surface area (Å²) in [6.45, 7) is 6.54. The maximum atomic E-state index is 10.6. The van der Waals surface area contributed by atoms with E-state index >= 15 is 0 Å². The van der Waals surface area contributed by atoms with Crippen LogP contribution in [-0.2, 0) is 11.3 Å². The summed E-state index contributed by atoms with van der Waals surface area (Å²) in [5.74, 6) is -0.906. The first-order valence-corrected chi connectivity index (χ1v) is 6.73. The summed E-state index contributed by atoms with van der Waals surface area (Å²) in [5.41, 5.74) is 2.42. The van der Waals surface area contributed by atoms with Crippen LogP contribution in [0.3, 0.4) is 0 Å². The summed E-state index contributed by atoms with van der Waals surface area (Å²) in [4.78, 5) is 13.1. The second kappa shape index (κ2) is 5.57. The van der Waals surface area contributed by atoms with Gasteiger partial charge in [0.1, 0.15) is 0 Å². The van der Waals surface area contributed by atoms with Crippen LogP contribution >= 0.6 is 0 Å². The van der Waals surface area contributed by atoms with Crippen LogP contribution in [0, 0.1) is 0 Å². The number of rotatable bonds is 4. The van der Waals surface area contributed by atoms with Gasteiger partial charge in [0, 0.05) is 18.2 Å². The SMILES string of the molecule is CC1(C)CCCN1Cc1ccccc1C=CC(=O)O. The highest BCUT2D eigenvalue weighted by atomic mass is 16.4. The van der Waals surface area contributed by atoms with E-state index in [9.17, 15) is 4.79 Å². The third kappa shape index (κ3) is 3.44. The molecule has 1 aromatic carbocycles. The second-order valence-corrected chi connectivity index (χ2v) is 5.71. The van der Waals surface area contributed by atoms with Crippen molar-refractivity contribution in [2.75, 3.05) is 6.54 Å². The van der Waals surface area contributed by atoms with Crippen molar-refractivity contribution in [2.45, 2.75) is 38.8 Å². The van der Waals surface area contributed by atoms with Crippen LogP contribution in [-0.4, -0.2) is 28.1 Å². The van der Waals surface area contributed by atoms with Gasteiger partial charge in [0.25, 0.3) is 0 Å². The summed E-state index contributed by atoms with van der Waals surface area (Å²) in [7, 11) is 0. The minimum Gasteiger partial charge on any atom is -0.478 e. The summed E-state index contributed by atoms with van der Waals surface area (Å²) >= 11 is 0. The molecule has 1 fully saturated rings. The van der Waals surface area contributed by atoms with Crippen LogP contribution in [0.15, 0.2) is 30.3 Å². The topological polar surface area (TPSA) is 40.5 Å². The molecule has 0 bridgehead atoms. The van der Waals surface area contributed by atoms with Gasteiger partial charge < -0.3 is 5.11 Å². The van der Waals surface area contributed by atoms with Crippen molar-refractivity contribution in [3.63, 3.8) is 0 Å². The normalized spacial score (nSPS) is 19.1. The minimum absolute atomic E-state index is 0.240. The zero-order valence-corrected chi connectivity index (χ0v) is 11.6. The Hall–Kier alpha value is -1.61. The number of nitrogens with zero attached hydrogens (tertiary/aromatic N) is 1. The number of likely N-dealkylation sites (tertiary alicyclic amines) is 1. The Kier molecular flexibility index (Phi) is 4.05. The number of carbonyl (C=O) groups is 1. The third-order valence-corrected chi connectivity index (χ3v) is 3.89. The fourth-order valence-electron chi connectivity index (χ4n) is 2.66. The average molecular weight is 259 g/mol. The molecular weight excluding hydrogens is 238 g/mol. The van der Waals surface area contributed by atoms with Gasteiger partial charge in [-0.25, -0.2) is 4.79 Å². The van der Waals surface area contributed by atoms with Crippen molar-refractivity contribution in [3.8, 4) is 0 Å². The molecule has 3 heteroatoms. The van der Waals surface area contributed by atoms with Gasteiger partial charge in [0.05, 0.1) is 0 Å². The van der Waals surface area contributed by atoms with E-state index in [0.717, 1.165) is 18.7 Å². The lowest BCUT2D eigenvalue weighted by atomic mass is 10.0. The molecule has 3 nitrogen and oxygen atoms in total. The molecule has 1 N–H and O–H groups in total. The van der Waals surface area contributed by atoms with Gasteiger partial charge in [-0.2, -0.15) is 0 Å². The quantitative estimate of drug-likeness (QED) is 0.844. The zero-order valence-electron chi connectivity index (χ0n) is 11.6. The number of aliphatic carboxylic acids is 1. The molecule has 0 atom stereocenters. The molecule has 1 aromatic rings. The Morgan fingerprint density at radius 3 is 2.79 bits per heavy atom. The van der Waals surface area contributed by atoms with Gasteiger partial charge in [-0.3, -0.25) is 4.90 Å². The van der Waals surface area contributed by atoms with Gasteiger partial charge in [0.2, 0.25) is 0 Å². The van der Waals surface area contributed by atoms with Crippen LogP contribution in [0.5, 0.6) is 0 Å². The lowest BCUT2D eigenvalue weighted by Crippen LogP contribution is -2.37. The maximum absolute atomic E-state index is 10.6. The van der Waals surface area contributed by atoms with E-state index in [0.29, 0.717) is 0 Å². The number of hydrogen-bond acceptors (Lipinski definition) is 2. The highest BCUT2D eigenvalue weighted by molar-refractivity contribution is 5.85. The first kappa shape index (κ1) is 13.8. The van der Waals surface area contributed by atoms with Gasteiger partial charge in [-0.05, 0) is 50.4 Å². The molecule has 1 saturated heterocycles. The zero-order chi connectivity index (χ0) is 13.9. The van der Waals surface area contributed by atoms with E-state index in [2.05, 4.69) is 24.8 Å². The van der Waals surface area contributed by atoms with Crippen molar-refractivity contribution < 1.29 is 9.90 Å². The summed E-state index contributed by atoms with van der Waals surface area (Å²) in [6.07, 6.45) is 5.34. The fourth-order valence-corrected chi connectivity index (χ4v) is 2.66. The summed E-state index contributed by atoms with van der Waals surface area (Å²) in [5, 5.41) is 8.74. The van der Waals surface area contributed by atoms with E-state index in [4.69, 9.17) is 5.11 Å². The van der Waals surface area contributed by atoms with Gasteiger partial charge in [-0.1, -0.05) is 24.3 Å². The molecule has 19 heavy (non-hydrogen) atoms. The second-order valence-electron chi connectivity index (χ2n) is 5.71. The number of carboxylic acid groups (broad SMARTS) is 1. The molecule has 2 rings (SSSR count). The molecule has 0 unspecified atom stereocenters. The largest absolute Gasteiger partial charge is 0.478 e. The van der Waals surface area contributed by atoms with Crippen LogP contribution in [0.2, 0.25) is 0 Å².